The van der Waals surface area contributed by atoms with E-state index in [1.54, 1.807) is 12.1 Å². The molecule has 3 aromatic rings. The third-order valence-corrected chi connectivity index (χ3v) is 4.03. The number of aromatic nitrogens is 2. The number of phenolic OH excluding ortho intramolecular Hbond substituents is 1. The molecule has 1 aromatic heterocycles. The van der Waals surface area contributed by atoms with Crippen LogP contribution >= 0.6 is 27.5 Å². The highest BCUT2D eigenvalue weighted by Crippen LogP contribution is 2.35. The maximum absolute atomic E-state index is 9.58. The fourth-order valence-corrected chi connectivity index (χ4v) is 2.53. The van der Waals surface area contributed by atoms with E-state index in [4.69, 9.17) is 17.3 Å². The van der Waals surface area contributed by atoms with Crippen LogP contribution in [0.25, 0.3) is 22.5 Å². The summed E-state index contributed by atoms with van der Waals surface area (Å²) in [6.45, 7) is 0. The third kappa shape index (κ3) is 2.77. The minimum Gasteiger partial charge on any atom is -0.506 e. The first-order valence-electron chi connectivity index (χ1n) is 6.43. The molecule has 6 heteroatoms. The number of nitrogens with two attached hydrogens (primary N) is 1. The van der Waals surface area contributed by atoms with Gasteiger partial charge in [0.15, 0.2) is 5.82 Å². The third-order valence-electron chi connectivity index (χ3n) is 3.15. The van der Waals surface area contributed by atoms with Gasteiger partial charge in [0.1, 0.15) is 10.4 Å². The monoisotopic (exact) mass is 375 g/mol. The van der Waals surface area contributed by atoms with E-state index in [0.717, 1.165) is 11.1 Å². The summed E-state index contributed by atoms with van der Waals surface area (Å²) >= 11 is 9.30. The zero-order valence-electron chi connectivity index (χ0n) is 11.3. The number of hydrogen-bond acceptors (Lipinski definition) is 4. The first-order chi connectivity index (χ1) is 10.6. The predicted octanol–water partition coefficient (Wildman–Crippen LogP) is 4.51. The van der Waals surface area contributed by atoms with Gasteiger partial charge in [0.2, 0.25) is 0 Å². The molecule has 3 N–H and O–H groups in total. The standard InChI is InChI=1S/C16H11BrClN3O/c17-15-16(19)21-13(9-4-2-1-3-5-9)14(20-15)10-6-7-12(22)11(18)8-10/h1-8,22H,(H2,19,21). The molecule has 0 radical (unpaired) electrons. The summed E-state index contributed by atoms with van der Waals surface area (Å²) in [4.78, 5) is 8.91. The highest BCUT2D eigenvalue weighted by Gasteiger charge is 2.15. The van der Waals surface area contributed by atoms with Crippen LogP contribution in [0.4, 0.5) is 5.82 Å². The molecule has 0 aliphatic heterocycles. The minimum atomic E-state index is 0.0224. The molecular formula is C16H11BrClN3O. The second-order valence-corrected chi connectivity index (χ2v) is 5.79. The van der Waals surface area contributed by atoms with E-state index in [0.29, 0.717) is 21.8 Å². The smallest absolute Gasteiger partial charge is 0.157 e. The highest BCUT2D eigenvalue weighted by atomic mass is 79.9. The van der Waals surface area contributed by atoms with Gasteiger partial charge in [0, 0.05) is 11.1 Å². The van der Waals surface area contributed by atoms with Gasteiger partial charge in [-0.15, -0.1) is 0 Å². The van der Waals surface area contributed by atoms with Crippen LogP contribution in [0.3, 0.4) is 0 Å². The van der Waals surface area contributed by atoms with Crippen LogP contribution in [0.15, 0.2) is 53.1 Å². The van der Waals surface area contributed by atoms with Gasteiger partial charge in [-0.3, -0.25) is 0 Å². The maximum Gasteiger partial charge on any atom is 0.157 e. The van der Waals surface area contributed by atoms with E-state index in [-0.39, 0.29) is 10.8 Å². The van der Waals surface area contributed by atoms with Gasteiger partial charge in [0.05, 0.1) is 16.4 Å². The molecule has 1 heterocycles. The molecule has 0 amide bonds. The topological polar surface area (TPSA) is 72.0 Å². The molecule has 0 saturated carbocycles. The largest absolute Gasteiger partial charge is 0.506 e. The number of nitrogens with zero attached hydrogens (tertiary/aromatic N) is 2. The Morgan fingerprint density at radius 2 is 1.64 bits per heavy atom. The van der Waals surface area contributed by atoms with Crippen molar-refractivity contribution in [1.82, 2.24) is 9.97 Å². The van der Waals surface area contributed by atoms with Gasteiger partial charge in [-0.2, -0.15) is 0 Å². The van der Waals surface area contributed by atoms with Gasteiger partial charge in [0.25, 0.3) is 0 Å². The lowest BCUT2D eigenvalue weighted by Gasteiger charge is -2.11. The Morgan fingerprint density at radius 3 is 2.32 bits per heavy atom. The summed E-state index contributed by atoms with van der Waals surface area (Å²) < 4.78 is 0.464. The number of benzene rings is 2. The molecular weight excluding hydrogens is 366 g/mol. The molecule has 0 bridgehead atoms. The number of halogens is 2. The van der Waals surface area contributed by atoms with Crippen LogP contribution in [0, 0.1) is 0 Å². The van der Waals surface area contributed by atoms with Crippen molar-refractivity contribution in [2.45, 2.75) is 0 Å². The van der Waals surface area contributed by atoms with Crippen molar-refractivity contribution in [2.24, 2.45) is 0 Å². The summed E-state index contributed by atoms with van der Waals surface area (Å²) in [7, 11) is 0. The van der Waals surface area contributed by atoms with Gasteiger partial charge in [-0.25, -0.2) is 9.97 Å². The van der Waals surface area contributed by atoms with Crippen molar-refractivity contribution in [3.8, 4) is 28.3 Å². The van der Waals surface area contributed by atoms with Crippen LogP contribution in [0.2, 0.25) is 5.02 Å². The fourth-order valence-electron chi connectivity index (χ4n) is 2.08. The molecule has 0 atom stereocenters. The number of aromatic hydroxyl groups is 1. The Morgan fingerprint density at radius 1 is 0.955 bits per heavy atom. The van der Waals surface area contributed by atoms with E-state index in [1.807, 2.05) is 30.3 Å². The lowest BCUT2D eigenvalue weighted by molar-refractivity contribution is 0.475. The SMILES string of the molecule is Nc1nc(-c2ccccc2)c(-c2ccc(O)c(Cl)c2)nc1Br. The summed E-state index contributed by atoms with van der Waals surface area (Å²) in [5.74, 6) is 0.335. The maximum atomic E-state index is 9.58. The number of hydrogen-bond donors (Lipinski definition) is 2. The van der Waals surface area contributed by atoms with E-state index in [1.165, 1.54) is 6.07 Å². The normalized spacial score (nSPS) is 10.6. The van der Waals surface area contributed by atoms with Gasteiger partial charge in [-0.05, 0) is 34.1 Å². The fraction of sp³-hybridized carbons (Fsp3) is 0. The van der Waals surface area contributed by atoms with Gasteiger partial charge >= 0.3 is 0 Å². The summed E-state index contributed by atoms with van der Waals surface area (Å²) in [6.07, 6.45) is 0. The molecule has 0 fully saturated rings. The Labute approximate surface area is 140 Å². The van der Waals surface area contributed by atoms with E-state index >= 15 is 0 Å². The first kappa shape index (κ1) is 14.8. The number of phenols is 1. The average Bonchev–Trinajstić information content (AvgIpc) is 2.53. The van der Waals surface area contributed by atoms with Crippen molar-refractivity contribution in [1.29, 1.82) is 0 Å². The average molecular weight is 377 g/mol. The van der Waals surface area contributed by atoms with Crippen LogP contribution in [-0.4, -0.2) is 15.1 Å². The molecule has 3 rings (SSSR count). The molecule has 0 spiro atoms. The highest BCUT2D eigenvalue weighted by molar-refractivity contribution is 9.10. The van der Waals surface area contributed by atoms with Crippen LogP contribution in [0.5, 0.6) is 5.75 Å². The predicted molar refractivity (Wildman–Crippen MR) is 91.7 cm³/mol. The van der Waals surface area contributed by atoms with E-state index < -0.39 is 0 Å². The summed E-state index contributed by atoms with van der Waals surface area (Å²) in [6, 6.07) is 14.5. The Kier molecular flexibility index (Phi) is 4.00. The number of anilines is 1. The minimum absolute atomic E-state index is 0.0224. The molecule has 0 aliphatic rings. The molecule has 110 valence electrons. The van der Waals surface area contributed by atoms with E-state index in [2.05, 4.69) is 25.9 Å². The molecule has 2 aromatic carbocycles. The van der Waals surface area contributed by atoms with Crippen LogP contribution in [-0.2, 0) is 0 Å². The van der Waals surface area contributed by atoms with Gasteiger partial charge < -0.3 is 10.8 Å². The molecule has 22 heavy (non-hydrogen) atoms. The first-order valence-corrected chi connectivity index (χ1v) is 7.60. The molecule has 0 saturated heterocycles. The second-order valence-electron chi connectivity index (χ2n) is 4.63. The molecule has 0 unspecified atom stereocenters. The van der Waals surface area contributed by atoms with Crippen LogP contribution in [0.1, 0.15) is 0 Å². The quantitative estimate of drug-likeness (QED) is 0.690. The lowest BCUT2D eigenvalue weighted by Crippen LogP contribution is -2.00. The van der Waals surface area contributed by atoms with Gasteiger partial charge in [-0.1, -0.05) is 41.9 Å². The summed E-state index contributed by atoms with van der Waals surface area (Å²) in [5, 5.41) is 9.83. The van der Waals surface area contributed by atoms with Crippen molar-refractivity contribution >= 4 is 33.3 Å². The lowest BCUT2D eigenvalue weighted by atomic mass is 10.0. The Hall–Kier alpha value is -2.11. The number of rotatable bonds is 2. The van der Waals surface area contributed by atoms with Crippen molar-refractivity contribution in [3.05, 3.63) is 58.2 Å². The van der Waals surface area contributed by atoms with Crippen molar-refractivity contribution in [3.63, 3.8) is 0 Å². The number of nitrogen functional groups attached to an aromatic ring is 1. The summed E-state index contributed by atoms with van der Waals surface area (Å²) in [5.41, 5.74) is 8.80. The Bertz CT molecular complexity index is 840. The van der Waals surface area contributed by atoms with Crippen molar-refractivity contribution in [2.75, 3.05) is 5.73 Å². The second kappa shape index (κ2) is 5.94. The zero-order valence-corrected chi connectivity index (χ0v) is 13.6. The Balaban J connectivity index is 2.26. The van der Waals surface area contributed by atoms with E-state index in [9.17, 15) is 5.11 Å². The molecule has 4 nitrogen and oxygen atoms in total. The zero-order chi connectivity index (χ0) is 15.7. The molecule has 0 aliphatic carbocycles. The van der Waals surface area contributed by atoms with Crippen molar-refractivity contribution < 1.29 is 5.11 Å². The van der Waals surface area contributed by atoms with Crippen LogP contribution < -0.4 is 5.73 Å².